The molecule has 0 saturated carbocycles. The van der Waals surface area contributed by atoms with Crippen LogP contribution in [0.3, 0.4) is 0 Å². The number of benzene rings is 3. The summed E-state index contributed by atoms with van der Waals surface area (Å²) in [6.07, 6.45) is 1.70. The number of aliphatic hydroxyl groups excluding tert-OH is 1. The fraction of sp³-hybridized carbons (Fsp3) is 0.250. The van der Waals surface area contributed by atoms with Crippen LogP contribution < -0.4 is 16.1 Å². The van der Waals surface area contributed by atoms with Crippen LogP contribution in [-0.2, 0) is 12.8 Å². The largest absolute Gasteiger partial charge is 0.488 e. The number of aromatic amines is 1. The van der Waals surface area contributed by atoms with Crippen molar-refractivity contribution in [3.05, 3.63) is 116 Å². The van der Waals surface area contributed by atoms with Crippen LogP contribution in [0.15, 0.2) is 86.9 Å². The van der Waals surface area contributed by atoms with E-state index >= 15 is 0 Å². The van der Waals surface area contributed by atoms with E-state index in [1.54, 1.807) is 23.6 Å². The minimum atomic E-state index is -0.606. The van der Waals surface area contributed by atoms with Crippen molar-refractivity contribution in [1.82, 2.24) is 19.7 Å². The van der Waals surface area contributed by atoms with Gasteiger partial charge in [0.2, 0.25) is 0 Å². The van der Waals surface area contributed by atoms with Crippen LogP contribution in [0.1, 0.15) is 42.9 Å². The summed E-state index contributed by atoms with van der Waals surface area (Å²) in [4.78, 5) is 32.9. The van der Waals surface area contributed by atoms with Crippen molar-refractivity contribution in [2.75, 3.05) is 6.61 Å². The smallest absolute Gasteiger partial charge is 0.439 e. The Balaban J connectivity index is 0.00000405. The summed E-state index contributed by atoms with van der Waals surface area (Å²) in [5, 5.41) is 13.1. The molecule has 42 heavy (non-hydrogen) atoms. The Morgan fingerprint density at radius 3 is 2.31 bits per heavy atom. The van der Waals surface area contributed by atoms with Gasteiger partial charge >= 0.3 is 5.76 Å². The summed E-state index contributed by atoms with van der Waals surface area (Å²) in [5.74, 6) is 1.00. The average molecular weight is 592 g/mol. The van der Waals surface area contributed by atoms with E-state index in [0.29, 0.717) is 41.5 Å². The van der Waals surface area contributed by atoms with Crippen LogP contribution in [0.25, 0.3) is 28.2 Å². The van der Waals surface area contributed by atoms with Gasteiger partial charge in [-0.25, -0.2) is 9.78 Å². The van der Waals surface area contributed by atoms with Crippen molar-refractivity contribution in [3.63, 3.8) is 0 Å². The number of H-pyrrole nitrogens is 1. The normalized spacial score (nSPS) is 11.6. The molecule has 1 unspecified atom stereocenters. The molecule has 2 N–H and O–H groups in total. The first-order chi connectivity index (χ1) is 19.9. The third-order valence-electron chi connectivity index (χ3n) is 6.87. The molecule has 1 atom stereocenters. The molecule has 0 fully saturated rings. The van der Waals surface area contributed by atoms with E-state index in [0.717, 1.165) is 34.4 Å². The van der Waals surface area contributed by atoms with Gasteiger partial charge in [-0.15, -0.1) is 0 Å². The number of hydrogen-bond donors (Lipinski definition) is 2. The van der Waals surface area contributed by atoms with Gasteiger partial charge in [0.15, 0.2) is 5.82 Å². The summed E-state index contributed by atoms with van der Waals surface area (Å²) in [6.45, 7) is 5.63. The zero-order valence-corrected chi connectivity index (χ0v) is 27.4. The van der Waals surface area contributed by atoms with Gasteiger partial charge in [-0.3, -0.25) is 18.9 Å². The van der Waals surface area contributed by atoms with Gasteiger partial charge in [0.25, 0.3) is 5.56 Å². The minimum Gasteiger partial charge on any atom is -0.488 e. The summed E-state index contributed by atoms with van der Waals surface area (Å²) in [6, 6.07) is 22.9. The molecule has 0 bridgehead atoms. The van der Waals surface area contributed by atoms with E-state index in [1.807, 2.05) is 67.6 Å². The standard InChI is InChI=1S/C32H32N4O5.K/c1-4-7-29-28(31(38)36(21(3)33-29)24-14-16-25(17-15-24)40-20(2)19-37)18-22-10-12-23(13-11-22)26-8-5-6-9-27(26)30-34-32(39)41-35-30;/h5-6,8-17,20,37H,4,7,18-19H2,1-3H3,(H,34,35,39);. The molecule has 2 aromatic heterocycles. The van der Waals surface area contributed by atoms with Gasteiger partial charge < -0.3 is 9.84 Å². The van der Waals surface area contributed by atoms with Crippen LogP contribution in [0, 0.1) is 6.92 Å². The van der Waals surface area contributed by atoms with Crippen molar-refractivity contribution in [1.29, 1.82) is 0 Å². The summed E-state index contributed by atoms with van der Waals surface area (Å²) >= 11 is 0. The van der Waals surface area contributed by atoms with Gasteiger partial charge in [0.1, 0.15) is 17.7 Å². The van der Waals surface area contributed by atoms with Gasteiger partial charge in [-0.1, -0.05) is 67.0 Å². The average Bonchev–Trinajstić information content (AvgIpc) is 3.42. The Labute approximate surface area is 286 Å². The van der Waals surface area contributed by atoms with Crippen LogP contribution in [0.4, 0.5) is 0 Å². The molecule has 0 amide bonds. The molecule has 0 aliphatic rings. The van der Waals surface area contributed by atoms with E-state index in [9.17, 15) is 14.7 Å². The first-order valence-electron chi connectivity index (χ1n) is 13.6. The molecular formula is C32H32KN4O5. The number of aromatic nitrogens is 4. The predicted octanol–water partition coefficient (Wildman–Crippen LogP) is 4.47. The first kappa shape index (κ1) is 31.8. The van der Waals surface area contributed by atoms with Gasteiger partial charge in [-0.05, 0) is 61.2 Å². The number of ether oxygens (including phenoxy) is 1. The van der Waals surface area contributed by atoms with Crippen molar-refractivity contribution < 1.29 is 14.4 Å². The van der Waals surface area contributed by atoms with E-state index in [-0.39, 0.29) is 69.7 Å². The molecule has 0 saturated heterocycles. The Morgan fingerprint density at radius 1 is 1.00 bits per heavy atom. The second kappa shape index (κ2) is 14.4. The maximum atomic E-state index is 13.9. The number of aliphatic hydroxyl groups is 1. The second-order valence-corrected chi connectivity index (χ2v) is 9.94. The predicted molar refractivity (Wildman–Crippen MR) is 162 cm³/mol. The minimum absolute atomic E-state index is 0. The number of aryl methyl sites for hydroxylation is 2. The van der Waals surface area contributed by atoms with Crippen LogP contribution in [-0.4, -0.2) is 88.9 Å². The second-order valence-electron chi connectivity index (χ2n) is 9.94. The topological polar surface area (TPSA) is 123 Å². The molecular weight excluding hydrogens is 559 g/mol. The maximum Gasteiger partial charge on any atom is 0.439 e. The molecule has 211 valence electrons. The maximum absolute atomic E-state index is 13.9. The fourth-order valence-corrected chi connectivity index (χ4v) is 4.88. The Morgan fingerprint density at radius 2 is 1.69 bits per heavy atom. The van der Waals surface area contributed by atoms with Crippen LogP contribution >= 0.6 is 0 Å². The van der Waals surface area contributed by atoms with Crippen molar-refractivity contribution in [3.8, 4) is 34.0 Å². The van der Waals surface area contributed by atoms with Crippen molar-refractivity contribution >= 4 is 51.4 Å². The molecule has 5 rings (SSSR count). The molecule has 0 spiro atoms. The zero-order valence-electron chi connectivity index (χ0n) is 24.3. The monoisotopic (exact) mass is 591 g/mol. The SMILES string of the molecule is CCCc1nc(C)n(-c2ccc(OC(C)CO)cc2)c(=O)c1Cc1ccc(-c2ccccc2-c2noc(=O)[nH]2)cc1.[K]. The molecule has 10 heteroatoms. The molecule has 2 heterocycles. The number of hydrogen-bond acceptors (Lipinski definition) is 7. The van der Waals surface area contributed by atoms with Crippen LogP contribution in [0.2, 0.25) is 0 Å². The molecule has 9 nitrogen and oxygen atoms in total. The fourth-order valence-electron chi connectivity index (χ4n) is 4.88. The first-order valence-corrected chi connectivity index (χ1v) is 13.6. The van der Waals surface area contributed by atoms with Crippen molar-refractivity contribution in [2.45, 2.75) is 46.1 Å². The van der Waals surface area contributed by atoms with Gasteiger partial charge in [-0.2, -0.15) is 0 Å². The summed E-state index contributed by atoms with van der Waals surface area (Å²) < 4.78 is 12.0. The Kier molecular flexibility index (Phi) is 10.9. The molecule has 0 aliphatic carbocycles. The van der Waals surface area contributed by atoms with Gasteiger partial charge in [0, 0.05) is 68.9 Å². The number of nitrogens with one attached hydrogen (secondary N) is 1. The Hall–Kier alpha value is -3.12. The summed E-state index contributed by atoms with van der Waals surface area (Å²) in [5.41, 5.74) is 5.66. The van der Waals surface area contributed by atoms with E-state index in [1.165, 1.54) is 0 Å². The molecule has 1 radical (unpaired) electrons. The summed E-state index contributed by atoms with van der Waals surface area (Å²) in [7, 11) is 0. The van der Waals surface area contributed by atoms with E-state index in [4.69, 9.17) is 14.2 Å². The zero-order chi connectivity index (χ0) is 28.9. The third-order valence-corrected chi connectivity index (χ3v) is 6.87. The molecule has 5 aromatic rings. The Bertz CT molecular complexity index is 1760. The number of rotatable bonds is 10. The van der Waals surface area contributed by atoms with Crippen LogP contribution in [0.5, 0.6) is 5.75 Å². The van der Waals surface area contributed by atoms with E-state index < -0.39 is 5.76 Å². The molecule has 0 aliphatic heterocycles. The third kappa shape index (κ3) is 7.08. The van der Waals surface area contributed by atoms with Gasteiger partial charge in [0.05, 0.1) is 18.0 Å². The van der Waals surface area contributed by atoms with Crippen molar-refractivity contribution in [2.24, 2.45) is 0 Å². The quantitative estimate of drug-likeness (QED) is 0.230. The van der Waals surface area contributed by atoms with E-state index in [2.05, 4.69) is 17.1 Å². The number of nitrogens with zero attached hydrogens (tertiary/aromatic N) is 3. The molecule has 3 aromatic carbocycles.